The molecule has 1 saturated heterocycles. The fourth-order valence-electron chi connectivity index (χ4n) is 2.95. The van der Waals surface area contributed by atoms with Crippen LogP contribution in [-0.2, 0) is 13.9 Å². The van der Waals surface area contributed by atoms with Crippen LogP contribution in [0.5, 0.6) is 0 Å². The van der Waals surface area contributed by atoms with Crippen LogP contribution < -0.4 is 0 Å². The van der Waals surface area contributed by atoms with Crippen molar-refractivity contribution in [2.45, 2.75) is 84.1 Å². The van der Waals surface area contributed by atoms with Gasteiger partial charge in [0.2, 0.25) is 0 Å². The van der Waals surface area contributed by atoms with Crippen molar-refractivity contribution < 1.29 is 13.9 Å². The van der Waals surface area contributed by atoms with Crippen LogP contribution in [0.15, 0.2) is 0 Å². The van der Waals surface area contributed by atoms with Gasteiger partial charge in [0.15, 0.2) is 14.1 Å². The van der Waals surface area contributed by atoms with Crippen molar-refractivity contribution in [2.24, 2.45) is 5.92 Å². The summed E-state index contributed by atoms with van der Waals surface area (Å²) >= 11 is 0. The van der Waals surface area contributed by atoms with E-state index in [0.717, 1.165) is 12.8 Å². The predicted octanol–water partition coefficient (Wildman–Crippen LogP) is 4.19. The number of hydrogen-bond acceptors (Lipinski definition) is 3. The van der Waals surface area contributed by atoms with Gasteiger partial charge in [-0.15, -0.1) is 12.3 Å². The van der Waals surface area contributed by atoms with E-state index in [1.807, 2.05) is 13.8 Å². The van der Waals surface area contributed by atoms with Gasteiger partial charge in [-0.1, -0.05) is 13.8 Å². The molecule has 0 bridgehead atoms. The molecule has 0 aromatic carbocycles. The molecule has 1 unspecified atom stereocenters. The van der Waals surface area contributed by atoms with Gasteiger partial charge in [0, 0.05) is 6.42 Å². The summed E-state index contributed by atoms with van der Waals surface area (Å²) in [6.07, 6.45) is 8.16. The Labute approximate surface area is 131 Å². The highest BCUT2D eigenvalue weighted by molar-refractivity contribution is 6.69. The average Bonchev–Trinajstić information content (AvgIpc) is 2.63. The summed E-state index contributed by atoms with van der Waals surface area (Å²) in [5.74, 6) is 2.63. The maximum atomic E-state index is 6.29. The van der Waals surface area contributed by atoms with Gasteiger partial charge in [0.25, 0.3) is 0 Å². The Morgan fingerprint density at radius 3 is 2.33 bits per heavy atom. The highest BCUT2D eigenvalue weighted by atomic mass is 28.4. The van der Waals surface area contributed by atoms with Crippen molar-refractivity contribution >= 4 is 8.32 Å². The van der Waals surface area contributed by atoms with E-state index in [2.05, 4.69) is 39.4 Å². The summed E-state index contributed by atoms with van der Waals surface area (Å²) in [6, 6.07) is 0. The molecule has 1 fully saturated rings. The van der Waals surface area contributed by atoms with Crippen LogP contribution in [-0.4, -0.2) is 32.4 Å². The van der Waals surface area contributed by atoms with Gasteiger partial charge in [-0.05, 0) is 52.2 Å². The maximum Gasteiger partial charge on any atom is 0.184 e. The molecule has 21 heavy (non-hydrogen) atoms. The van der Waals surface area contributed by atoms with Crippen LogP contribution in [0.3, 0.4) is 0 Å². The van der Waals surface area contributed by atoms with Crippen molar-refractivity contribution in [2.75, 3.05) is 6.61 Å². The topological polar surface area (TPSA) is 27.7 Å². The molecule has 0 amide bonds. The first kappa shape index (κ1) is 18.7. The third-order valence-corrected chi connectivity index (χ3v) is 4.95. The molecule has 4 heteroatoms. The molecule has 3 nitrogen and oxygen atoms in total. The van der Waals surface area contributed by atoms with Crippen molar-refractivity contribution in [3.05, 3.63) is 0 Å². The molecule has 0 radical (unpaired) electrons. The minimum Gasteiger partial charge on any atom is -0.414 e. The summed E-state index contributed by atoms with van der Waals surface area (Å²) in [5.41, 5.74) is -0.210. The smallest absolute Gasteiger partial charge is 0.184 e. The maximum absolute atomic E-state index is 6.29. The van der Waals surface area contributed by atoms with Gasteiger partial charge < -0.3 is 13.9 Å². The number of terminal acetylenes is 1. The zero-order chi connectivity index (χ0) is 16.3. The van der Waals surface area contributed by atoms with Gasteiger partial charge in [-0.2, -0.15) is 0 Å². The number of ether oxygens (including phenoxy) is 2. The zero-order valence-corrected chi connectivity index (χ0v) is 15.8. The Morgan fingerprint density at radius 2 is 1.95 bits per heavy atom. The molecule has 0 spiro atoms. The monoisotopic (exact) mass is 312 g/mol. The summed E-state index contributed by atoms with van der Waals surface area (Å²) in [4.78, 5) is 0. The Bertz CT molecular complexity index is 380. The fraction of sp³-hybridized carbons (Fsp3) is 0.882. The van der Waals surface area contributed by atoms with E-state index in [4.69, 9.17) is 20.3 Å². The molecule has 1 aliphatic heterocycles. The average molecular weight is 313 g/mol. The molecule has 0 saturated carbocycles. The Morgan fingerprint density at radius 1 is 1.33 bits per heavy atom. The van der Waals surface area contributed by atoms with Crippen LogP contribution in [0.2, 0.25) is 19.6 Å². The van der Waals surface area contributed by atoms with Crippen LogP contribution in [0.1, 0.15) is 47.0 Å². The summed E-state index contributed by atoms with van der Waals surface area (Å²) in [7, 11) is -1.61. The predicted molar refractivity (Wildman–Crippen MR) is 89.6 cm³/mol. The number of rotatable bonds is 7. The van der Waals surface area contributed by atoms with E-state index < -0.39 is 14.1 Å². The molecule has 1 heterocycles. The lowest BCUT2D eigenvalue weighted by Crippen LogP contribution is -2.41. The van der Waals surface area contributed by atoms with Crippen molar-refractivity contribution in [1.29, 1.82) is 0 Å². The molecular formula is C17H32O3Si. The lowest BCUT2D eigenvalue weighted by atomic mass is 9.86. The SMILES string of the molecule is C#CCC(O[Si](C)(C)C)[C@H](C)C[C@@]1(CC)COC(C)(C)O1. The fourth-order valence-corrected chi connectivity index (χ4v) is 4.18. The molecule has 0 aromatic rings. The van der Waals surface area contributed by atoms with Crippen LogP contribution in [0.25, 0.3) is 0 Å². The second-order valence-corrected chi connectivity index (χ2v) is 12.1. The van der Waals surface area contributed by atoms with Crippen molar-refractivity contribution in [3.63, 3.8) is 0 Å². The summed E-state index contributed by atoms with van der Waals surface area (Å²) in [5, 5.41) is 0. The van der Waals surface area contributed by atoms with Gasteiger partial charge >= 0.3 is 0 Å². The highest BCUT2D eigenvalue weighted by Crippen LogP contribution is 2.39. The first-order valence-electron chi connectivity index (χ1n) is 7.98. The molecular weight excluding hydrogens is 280 g/mol. The van der Waals surface area contributed by atoms with Gasteiger partial charge in [-0.3, -0.25) is 0 Å². The first-order valence-corrected chi connectivity index (χ1v) is 11.4. The van der Waals surface area contributed by atoms with Crippen molar-refractivity contribution in [3.8, 4) is 12.3 Å². The Balaban J connectivity index is 2.76. The van der Waals surface area contributed by atoms with Crippen LogP contribution in [0.4, 0.5) is 0 Å². The molecule has 3 atom stereocenters. The van der Waals surface area contributed by atoms with Crippen LogP contribution in [0, 0.1) is 18.3 Å². The van der Waals surface area contributed by atoms with Gasteiger partial charge in [0.1, 0.15) is 0 Å². The van der Waals surface area contributed by atoms with E-state index in [9.17, 15) is 0 Å². The first-order chi connectivity index (χ1) is 9.52. The van der Waals surface area contributed by atoms with E-state index >= 15 is 0 Å². The third-order valence-electron chi connectivity index (χ3n) is 3.94. The number of hydrogen-bond donors (Lipinski definition) is 0. The second kappa shape index (κ2) is 6.83. The molecule has 0 N–H and O–H groups in total. The summed E-state index contributed by atoms with van der Waals surface area (Å²) in [6.45, 7) is 15.6. The molecule has 0 aliphatic carbocycles. The normalized spacial score (nSPS) is 28.1. The van der Waals surface area contributed by atoms with Crippen LogP contribution >= 0.6 is 0 Å². The standard InChI is InChI=1S/C17H32O3Si/c1-9-11-15(19-21(6,7)8)14(3)12-17(10-2)13-18-16(4,5)20-17/h1,14-15H,10-13H2,2-8H3/t14-,15?,17+/m1/s1. The van der Waals surface area contributed by atoms with E-state index in [-0.39, 0.29) is 11.7 Å². The molecule has 122 valence electrons. The van der Waals surface area contributed by atoms with Gasteiger partial charge in [0.05, 0.1) is 18.3 Å². The van der Waals surface area contributed by atoms with Crippen molar-refractivity contribution in [1.82, 2.24) is 0 Å². The quantitative estimate of drug-likeness (QED) is 0.521. The lowest BCUT2D eigenvalue weighted by molar-refractivity contribution is -0.166. The van der Waals surface area contributed by atoms with E-state index in [1.54, 1.807) is 0 Å². The molecule has 0 aromatic heterocycles. The van der Waals surface area contributed by atoms with E-state index in [0.29, 0.717) is 18.9 Å². The molecule has 1 rings (SSSR count). The van der Waals surface area contributed by atoms with Gasteiger partial charge in [-0.25, -0.2) is 0 Å². The Kier molecular flexibility index (Phi) is 6.08. The molecule has 1 aliphatic rings. The minimum absolute atomic E-state index is 0.109. The second-order valence-electron chi connectivity index (χ2n) is 7.69. The summed E-state index contributed by atoms with van der Waals surface area (Å²) < 4.78 is 18.3. The van der Waals surface area contributed by atoms with E-state index in [1.165, 1.54) is 0 Å². The lowest BCUT2D eigenvalue weighted by Gasteiger charge is -2.35. The third kappa shape index (κ3) is 5.75. The zero-order valence-electron chi connectivity index (χ0n) is 14.8. The minimum atomic E-state index is -1.61. The Hall–Kier alpha value is -0.343. The largest absolute Gasteiger partial charge is 0.414 e. The highest BCUT2D eigenvalue weighted by Gasteiger charge is 2.45.